The van der Waals surface area contributed by atoms with E-state index >= 15 is 0 Å². The summed E-state index contributed by atoms with van der Waals surface area (Å²) < 4.78 is 7.42. The molecule has 0 aliphatic heterocycles. The highest BCUT2D eigenvalue weighted by molar-refractivity contribution is 8.00. The summed E-state index contributed by atoms with van der Waals surface area (Å²) in [4.78, 5) is 17.2. The first kappa shape index (κ1) is 18.1. The van der Waals surface area contributed by atoms with Crippen molar-refractivity contribution in [3.05, 3.63) is 47.3 Å². The van der Waals surface area contributed by atoms with Crippen molar-refractivity contribution in [2.75, 3.05) is 7.11 Å². The van der Waals surface area contributed by atoms with Crippen molar-refractivity contribution < 1.29 is 9.53 Å². The second kappa shape index (κ2) is 8.09. The maximum absolute atomic E-state index is 12.4. The lowest BCUT2D eigenvalue weighted by Crippen LogP contribution is -2.17. The van der Waals surface area contributed by atoms with E-state index in [1.165, 1.54) is 56.7 Å². The number of esters is 1. The van der Waals surface area contributed by atoms with E-state index in [9.17, 15) is 4.79 Å². The van der Waals surface area contributed by atoms with E-state index in [4.69, 9.17) is 9.72 Å². The molecule has 4 nitrogen and oxygen atoms in total. The first-order valence-corrected chi connectivity index (χ1v) is 9.84. The monoisotopic (exact) mass is 358 g/mol. The molecule has 2 aromatic rings. The summed E-state index contributed by atoms with van der Waals surface area (Å²) in [5, 5.41) is 0.538. The van der Waals surface area contributed by atoms with Gasteiger partial charge in [0.25, 0.3) is 0 Å². The summed E-state index contributed by atoms with van der Waals surface area (Å²) in [7, 11) is 1.45. The number of hydrogen-bond acceptors (Lipinski definition) is 4. The minimum atomic E-state index is -0.394. The number of methoxy groups -OCH3 is 1. The number of carbonyl (C=O) groups excluding carboxylic acids is 1. The van der Waals surface area contributed by atoms with Gasteiger partial charge in [-0.1, -0.05) is 61.4 Å². The zero-order valence-electron chi connectivity index (χ0n) is 15.2. The molecule has 0 N–H and O–H groups in total. The van der Waals surface area contributed by atoms with Crippen molar-refractivity contribution >= 4 is 17.7 Å². The molecule has 1 atom stereocenters. The third kappa shape index (κ3) is 3.92. The predicted octanol–water partition coefficient (Wildman–Crippen LogP) is 5.01. The van der Waals surface area contributed by atoms with Gasteiger partial charge in [-0.15, -0.1) is 0 Å². The summed E-state index contributed by atoms with van der Waals surface area (Å²) in [6.45, 7) is 4.19. The van der Waals surface area contributed by atoms with Crippen molar-refractivity contribution in [3.63, 3.8) is 0 Å². The number of imidazole rings is 1. The number of rotatable bonds is 5. The van der Waals surface area contributed by atoms with Crippen molar-refractivity contribution in [2.45, 2.75) is 62.4 Å². The largest absolute Gasteiger partial charge is 0.468 e. The first-order chi connectivity index (χ1) is 12.1. The molecule has 134 valence electrons. The van der Waals surface area contributed by atoms with Gasteiger partial charge in [-0.05, 0) is 32.3 Å². The number of aryl methyl sites for hydroxylation is 1. The Hall–Kier alpha value is -1.75. The number of aromatic nitrogens is 2. The van der Waals surface area contributed by atoms with E-state index in [1.54, 1.807) is 0 Å². The summed E-state index contributed by atoms with van der Waals surface area (Å²) in [5.41, 5.74) is 3.21. The lowest BCUT2D eigenvalue weighted by molar-refractivity contribution is -0.140. The van der Waals surface area contributed by atoms with Crippen LogP contribution in [0.5, 0.6) is 0 Å². The van der Waals surface area contributed by atoms with Crippen molar-refractivity contribution in [1.29, 1.82) is 0 Å². The van der Waals surface area contributed by atoms with Gasteiger partial charge in [0, 0.05) is 11.7 Å². The van der Waals surface area contributed by atoms with Crippen LogP contribution in [0.4, 0.5) is 0 Å². The van der Waals surface area contributed by atoms with Gasteiger partial charge in [0.05, 0.1) is 12.8 Å². The fraction of sp³-hybridized carbons (Fsp3) is 0.500. The molecule has 3 rings (SSSR count). The Morgan fingerprint density at radius 2 is 1.88 bits per heavy atom. The van der Waals surface area contributed by atoms with E-state index in [0.717, 1.165) is 16.4 Å². The highest BCUT2D eigenvalue weighted by Gasteiger charge is 2.28. The molecule has 0 bridgehead atoms. The van der Waals surface area contributed by atoms with Crippen molar-refractivity contribution in [2.24, 2.45) is 0 Å². The van der Waals surface area contributed by atoms with Crippen molar-refractivity contribution in [3.8, 4) is 0 Å². The number of nitrogens with zero attached hydrogens (tertiary/aromatic N) is 2. The van der Waals surface area contributed by atoms with Crippen LogP contribution in [0.25, 0.3) is 0 Å². The molecule has 1 aliphatic carbocycles. The summed E-state index contributed by atoms with van der Waals surface area (Å²) in [6.07, 6.45) is 6.24. The Balaban J connectivity index is 1.94. The molecule has 0 amide bonds. The van der Waals surface area contributed by atoms with Gasteiger partial charge < -0.3 is 9.30 Å². The Morgan fingerprint density at radius 1 is 1.20 bits per heavy atom. The van der Waals surface area contributed by atoms with Gasteiger partial charge in [-0.3, -0.25) is 4.79 Å². The van der Waals surface area contributed by atoms with Crippen LogP contribution in [0, 0.1) is 13.8 Å². The number of hydrogen-bond donors (Lipinski definition) is 0. The van der Waals surface area contributed by atoms with Crippen LogP contribution < -0.4 is 0 Å². The van der Waals surface area contributed by atoms with Crippen LogP contribution in [0.3, 0.4) is 0 Å². The molecule has 0 spiro atoms. The average molecular weight is 359 g/mol. The lowest BCUT2D eigenvalue weighted by Gasteiger charge is -2.26. The molecular weight excluding hydrogens is 332 g/mol. The van der Waals surface area contributed by atoms with Gasteiger partial charge in [0.2, 0.25) is 0 Å². The molecule has 0 radical (unpaired) electrons. The summed E-state index contributed by atoms with van der Waals surface area (Å²) in [5.74, 6) is -0.232. The van der Waals surface area contributed by atoms with E-state index in [2.05, 4.69) is 11.5 Å². The minimum absolute atomic E-state index is 0.232. The maximum Gasteiger partial charge on any atom is 0.323 e. The van der Waals surface area contributed by atoms with E-state index in [0.29, 0.717) is 6.04 Å². The molecule has 0 saturated heterocycles. The van der Waals surface area contributed by atoms with Gasteiger partial charge in [0.15, 0.2) is 5.16 Å². The number of benzene rings is 1. The van der Waals surface area contributed by atoms with Crippen LogP contribution in [0.2, 0.25) is 0 Å². The molecule has 1 aromatic heterocycles. The van der Waals surface area contributed by atoms with E-state index < -0.39 is 5.25 Å². The predicted molar refractivity (Wildman–Crippen MR) is 101 cm³/mol. The smallest absolute Gasteiger partial charge is 0.323 e. The van der Waals surface area contributed by atoms with Crippen LogP contribution in [-0.2, 0) is 9.53 Å². The quantitative estimate of drug-likeness (QED) is 0.556. The third-order valence-electron chi connectivity index (χ3n) is 5.04. The highest BCUT2D eigenvalue weighted by atomic mass is 32.2. The van der Waals surface area contributed by atoms with Gasteiger partial charge in [0.1, 0.15) is 5.25 Å². The molecule has 1 fully saturated rings. The molecule has 5 heteroatoms. The highest BCUT2D eigenvalue weighted by Crippen LogP contribution is 2.40. The van der Waals surface area contributed by atoms with Crippen LogP contribution in [0.1, 0.15) is 60.3 Å². The standard InChI is InChI=1S/C20H26N2O2S/c1-14-15(2)22(17-12-8-5-9-13-17)20(21-14)25-18(19(23)24-3)16-10-6-4-7-11-16/h4,6-7,10-11,17-18H,5,8-9,12-13H2,1-3H3. The molecule has 1 saturated carbocycles. The topological polar surface area (TPSA) is 44.1 Å². The average Bonchev–Trinajstić information content (AvgIpc) is 2.94. The zero-order valence-corrected chi connectivity index (χ0v) is 16.0. The fourth-order valence-electron chi connectivity index (χ4n) is 3.54. The number of carbonyl (C=O) groups is 1. The van der Waals surface area contributed by atoms with Crippen molar-refractivity contribution in [1.82, 2.24) is 9.55 Å². The van der Waals surface area contributed by atoms with Crippen LogP contribution >= 0.6 is 11.8 Å². The SMILES string of the molecule is COC(=O)C(Sc1nc(C)c(C)n1C1CCCCC1)c1ccccc1. The zero-order chi connectivity index (χ0) is 17.8. The van der Waals surface area contributed by atoms with Gasteiger partial charge >= 0.3 is 5.97 Å². The first-order valence-electron chi connectivity index (χ1n) is 8.96. The normalized spacial score (nSPS) is 16.6. The molecule has 1 aromatic carbocycles. The Kier molecular flexibility index (Phi) is 5.84. The Morgan fingerprint density at radius 3 is 2.52 bits per heavy atom. The number of thioether (sulfide) groups is 1. The Bertz CT molecular complexity index is 721. The number of ether oxygens (including phenoxy) is 1. The Labute approximate surface area is 154 Å². The second-order valence-electron chi connectivity index (χ2n) is 6.66. The van der Waals surface area contributed by atoms with E-state index in [1.807, 2.05) is 37.3 Å². The van der Waals surface area contributed by atoms with Crippen LogP contribution in [-0.4, -0.2) is 22.6 Å². The molecule has 1 unspecified atom stereocenters. The lowest BCUT2D eigenvalue weighted by atomic mass is 9.95. The van der Waals surface area contributed by atoms with Crippen LogP contribution in [0.15, 0.2) is 35.5 Å². The summed E-state index contributed by atoms with van der Waals surface area (Å²) in [6, 6.07) is 10.3. The third-order valence-corrected chi connectivity index (χ3v) is 6.23. The maximum atomic E-state index is 12.4. The molecule has 1 heterocycles. The summed E-state index contributed by atoms with van der Waals surface area (Å²) >= 11 is 1.51. The minimum Gasteiger partial charge on any atom is -0.468 e. The van der Waals surface area contributed by atoms with E-state index in [-0.39, 0.29) is 5.97 Å². The second-order valence-corrected chi connectivity index (χ2v) is 7.73. The van der Waals surface area contributed by atoms with Gasteiger partial charge in [-0.25, -0.2) is 4.98 Å². The van der Waals surface area contributed by atoms with Gasteiger partial charge in [-0.2, -0.15) is 0 Å². The molecule has 1 aliphatic rings. The molecule has 25 heavy (non-hydrogen) atoms. The molecular formula is C20H26N2O2S. The fourth-order valence-corrected chi connectivity index (χ4v) is 4.83.